The molecule has 0 fully saturated rings. The number of rotatable bonds is 4. The first-order chi connectivity index (χ1) is 8.83. The Balaban J connectivity index is 2.23. The summed E-state index contributed by atoms with van der Waals surface area (Å²) in [5, 5.41) is 12.0. The third kappa shape index (κ3) is 2.81. The van der Waals surface area contributed by atoms with Crippen LogP contribution in [0.3, 0.4) is 0 Å². The third-order valence-electron chi connectivity index (χ3n) is 2.26. The molecule has 0 spiro atoms. The topological polar surface area (TPSA) is 70.8 Å². The van der Waals surface area contributed by atoms with E-state index in [-0.39, 0.29) is 11.6 Å². The largest absolute Gasteiger partial charge is 0.436 e. The van der Waals surface area contributed by atoms with Crippen LogP contribution in [0.5, 0.6) is 11.6 Å². The van der Waals surface area contributed by atoms with E-state index in [9.17, 15) is 0 Å². The summed E-state index contributed by atoms with van der Waals surface area (Å²) < 4.78 is 5.56. The molecule has 0 unspecified atom stereocenters. The molecule has 0 aliphatic heterocycles. The Morgan fingerprint density at radius 2 is 2.17 bits per heavy atom. The van der Waals surface area contributed by atoms with Gasteiger partial charge >= 0.3 is 0 Å². The zero-order chi connectivity index (χ0) is 12.8. The molecule has 2 rings (SSSR count). The molecule has 5 heteroatoms. The molecule has 0 amide bonds. The number of ether oxygens (including phenoxy) is 1. The summed E-state index contributed by atoms with van der Waals surface area (Å²) >= 11 is 0. The zero-order valence-electron chi connectivity index (χ0n) is 9.92. The Kier molecular flexibility index (Phi) is 3.84. The van der Waals surface area contributed by atoms with E-state index >= 15 is 0 Å². The molecule has 2 aromatic rings. The van der Waals surface area contributed by atoms with Gasteiger partial charge in [-0.05, 0) is 24.7 Å². The Bertz CT molecular complexity index is 577. The van der Waals surface area contributed by atoms with E-state index in [0.717, 1.165) is 12.1 Å². The van der Waals surface area contributed by atoms with Gasteiger partial charge in [0.05, 0.1) is 0 Å². The summed E-state index contributed by atoms with van der Waals surface area (Å²) in [5.74, 6) is 0.862. The van der Waals surface area contributed by atoms with Gasteiger partial charge < -0.3 is 10.1 Å². The molecule has 0 saturated carbocycles. The molecule has 1 heterocycles. The number of nitrogens with zero attached hydrogens (tertiary/aromatic N) is 3. The number of aromatic nitrogens is 2. The van der Waals surface area contributed by atoms with Crippen molar-refractivity contribution >= 4 is 0 Å². The molecule has 0 radical (unpaired) electrons. The summed E-state index contributed by atoms with van der Waals surface area (Å²) in [7, 11) is 1.88. The Hall–Kier alpha value is -2.45. The molecule has 0 bridgehead atoms. The van der Waals surface area contributed by atoms with Gasteiger partial charge in [-0.2, -0.15) is 5.26 Å². The minimum atomic E-state index is 0.177. The van der Waals surface area contributed by atoms with Crippen molar-refractivity contribution in [3.8, 4) is 17.7 Å². The quantitative estimate of drug-likeness (QED) is 0.883. The second kappa shape index (κ2) is 5.75. The average Bonchev–Trinajstić information content (AvgIpc) is 2.40. The van der Waals surface area contributed by atoms with E-state index in [4.69, 9.17) is 10.00 Å². The second-order valence-electron chi connectivity index (χ2n) is 3.60. The van der Waals surface area contributed by atoms with Crippen molar-refractivity contribution in [2.24, 2.45) is 0 Å². The molecule has 0 saturated heterocycles. The average molecular weight is 240 g/mol. The van der Waals surface area contributed by atoms with E-state index in [1.54, 1.807) is 0 Å². The van der Waals surface area contributed by atoms with E-state index in [0.29, 0.717) is 5.75 Å². The summed E-state index contributed by atoms with van der Waals surface area (Å²) in [4.78, 5) is 7.89. The van der Waals surface area contributed by atoms with Crippen LogP contribution >= 0.6 is 0 Å². The molecule has 1 aromatic heterocycles. The normalized spacial score (nSPS) is 9.78. The highest BCUT2D eigenvalue weighted by molar-refractivity contribution is 5.36. The number of nitrogens with one attached hydrogen (secondary N) is 1. The third-order valence-corrected chi connectivity index (χ3v) is 2.26. The van der Waals surface area contributed by atoms with Crippen LogP contribution in [-0.4, -0.2) is 17.0 Å². The van der Waals surface area contributed by atoms with Crippen molar-refractivity contribution < 1.29 is 4.74 Å². The molecule has 1 N–H and O–H groups in total. The van der Waals surface area contributed by atoms with Crippen molar-refractivity contribution in [1.29, 1.82) is 5.26 Å². The van der Waals surface area contributed by atoms with Crippen LogP contribution in [0.4, 0.5) is 0 Å². The van der Waals surface area contributed by atoms with E-state index < -0.39 is 0 Å². The lowest BCUT2D eigenvalue weighted by Crippen LogP contribution is -2.04. The van der Waals surface area contributed by atoms with Crippen LogP contribution in [0.15, 0.2) is 36.7 Å². The van der Waals surface area contributed by atoms with Crippen LogP contribution < -0.4 is 10.1 Å². The minimum Gasteiger partial charge on any atom is -0.436 e. The van der Waals surface area contributed by atoms with Gasteiger partial charge in [-0.3, -0.25) is 0 Å². The van der Waals surface area contributed by atoms with E-state index in [2.05, 4.69) is 15.3 Å². The Morgan fingerprint density at radius 1 is 1.33 bits per heavy atom. The van der Waals surface area contributed by atoms with Gasteiger partial charge in [-0.15, -0.1) is 0 Å². The molecule has 0 atom stereocenters. The zero-order valence-corrected chi connectivity index (χ0v) is 9.92. The Labute approximate surface area is 105 Å². The first-order valence-electron chi connectivity index (χ1n) is 5.46. The summed E-state index contributed by atoms with van der Waals surface area (Å²) in [6.45, 7) is 0.753. The van der Waals surface area contributed by atoms with Crippen LogP contribution in [-0.2, 0) is 6.54 Å². The van der Waals surface area contributed by atoms with Crippen LogP contribution in [0.1, 0.15) is 11.3 Å². The number of benzene rings is 1. The van der Waals surface area contributed by atoms with Crippen molar-refractivity contribution in [3.63, 3.8) is 0 Å². The molecule has 5 nitrogen and oxygen atoms in total. The highest BCUT2D eigenvalue weighted by atomic mass is 16.5. The molecule has 90 valence electrons. The molecule has 0 aliphatic carbocycles. The van der Waals surface area contributed by atoms with Crippen molar-refractivity contribution in [1.82, 2.24) is 15.3 Å². The predicted octanol–water partition coefficient (Wildman–Crippen LogP) is 1.86. The lowest BCUT2D eigenvalue weighted by molar-refractivity contribution is 0.457. The Morgan fingerprint density at radius 3 is 2.94 bits per heavy atom. The van der Waals surface area contributed by atoms with Crippen LogP contribution in [0.2, 0.25) is 0 Å². The van der Waals surface area contributed by atoms with E-state index in [1.165, 1.54) is 12.4 Å². The van der Waals surface area contributed by atoms with Gasteiger partial charge in [0.15, 0.2) is 0 Å². The maximum Gasteiger partial charge on any atom is 0.256 e. The highest BCUT2D eigenvalue weighted by Crippen LogP contribution is 2.21. The lowest BCUT2D eigenvalue weighted by Gasteiger charge is -2.07. The van der Waals surface area contributed by atoms with Gasteiger partial charge in [-0.25, -0.2) is 9.97 Å². The fourth-order valence-corrected chi connectivity index (χ4v) is 1.51. The molecular formula is C13H12N4O. The minimum absolute atomic E-state index is 0.177. The maximum absolute atomic E-state index is 8.89. The SMILES string of the molecule is CNCc1cccc(Oc2nccnc2C#N)c1. The first-order valence-corrected chi connectivity index (χ1v) is 5.46. The van der Waals surface area contributed by atoms with Gasteiger partial charge in [0, 0.05) is 18.9 Å². The van der Waals surface area contributed by atoms with Gasteiger partial charge in [-0.1, -0.05) is 12.1 Å². The van der Waals surface area contributed by atoms with Crippen LogP contribution in [0, 0.1) is 11.3 Å². The number of hydrogen-bond acceptors (Lipinski definition) is 5. The monoisotopic (exact) mass is 240 g/mol. The summed E-state index contributed by atoms with van der Waals surface area (Å²) in [5.41, 5.74) is 1.27. The van der Waals surface area contributed by atoms with E-state index in [1.807, 2.05) is 37.4 Å². The standard InChI is InChI=1S/C13H12N4O/c1-15-9-10-3-2-4-11(7-10)18-13-12(8-14)16-5-6-17-13/h2-7,15H,9H2,1H3. The first kappa shape index (κ1) is 12.0. The molecular weight excluding hydrogens is 228 g/mol. The predicted molar refractivity (Wildman–Crippen MR) is 66.0 cm³/mol. The van der Waals surface area contributed by atoms with Crippen LogP contribution in [0.25, 0.3) is 0 Å². The summed E-state index contributed by atoms with van der Waals surface area (Å²) in [6.07, 6.45) is 2.95. The fourth-order valence-electron chi connectivity index (χ4n) is 1.51. The smallest absolute Gasteiger partial charge is 0.256 e. The summed E-state index contributed by atoms with van der Waals surface area (Å²) in [6, 6.07) is 9.54. The van der Waals surface area contributed by atoms with Gasteiger partial charge in [0.25, 0.3) is 5.88 Å². The second-order valence-corrected chi connectivity index (χ2v) is 3.60. The molecule has 18 heavy (non-hydrogen) atoms. The van der Waals surface area contributed by atoms with Crippen molar-refractivity contribution in [2.45, 2.75) is 6.54 Å². The van der Waals surface area contributed by atoms with Gasteiger partial charge in [0.1, 0.15) is 11.8 Å². The van der Waals surface area contributed by atoms with Crippen molar-refractivity contribution in [2.75, 3.05) is 7.05 Å². The maximum atomic E-state index is 8.89. The molecule has 0 aliphatic rings. The lowest BCUT2D eigenvalue weighted by atomic mass is 10.2. The molecule has 1 aromatic carbocycles. The fraction of sp³-hybridized carbons (Fsp3) is 0.154. The highest BCUT2D eigenvalue weighted by Gasteiger charge is 2.06. The van der Waals surface area contributed by atoms with Crippen molar-refractivity contribution in [3.05, 3.63) is 47.9 Å². The van der Waals surface area contributed by atoms with Gasteiger partial charge in [0.2, 0.25) is 5.69 Å². The number of hydrogen-bond donors (Lipinski definition) is 1. The number of nitriles is 1.